The van der Waals surface area contributed by atoms with Crippen LogP contribution in [0.25, 0.3) is 0 Å². The molecule has 0 spiro atoms. The molecule has 1 aliphatic heterocycles. The number of esters is 5. The van der Waals surface area contributed by atoms with E-state index in [0.717, 1.165) is 6.92 Å². The Morgan fingerprint density at radius 1 is 0.743 bits per heavy atom. The third-order valence-corrected chi connectivity index (χ3v) is 3.85. The zero-order valence-electron chi connectivity index (χ0n) is 18.1. The van der Waals surface area contributed by atoms with Gasteiger partial charge >= 0.3 is 42.2 Å². The summed E-state index contributed by atoms with van der Waals surface area (Å²) in [5.41, 5.74) is -0.168. The number of ether oxygens (including phenoxy) is 6. The molecule has 0 N–H and O–H groups in total. The van der Waals surface area contributed by atoms with E-state index in [-0.39, 0.29) is 5.57 Å². The lowest BCUT2D eigenvalue weighted by molar-refractivity contribution is -0.313. The highest BCUT2D eigenvalue weighted by Gasteiger charge is 2.57. The summed E-state index contributed by atoms with van der Waals surface area (Å²) in [4.78, 5) is 57.5. The van der Waals surface area contributed by atoms with Crippen LogP contribution in [-0.4, -0.2) is 79.5 Å². The molecule has 5 atom stereocenters. The fraction of sp³-hybridized carbons (Fsp3) is 0.611. The number of rotatable bonds is 7. The molecule has 1 fully saturated rings. The minimum atomic E-state index is -5.70. The van der Waals surface area contributed by atoms with Crippen LogP contribution in [0.1, 0.15) is 20.8 Å². The van der Waals surface area contributed by atoms with Crippen molar-refractivity contribution in [3.8, 4) is 0 Å². The molecule has 0 aliphatic carbocycles. The van der Waals surface area contributed by atoms with E-state index in [4.69, 9.17) is 18.9 Å². The maximum atomic E-state index is 12.8. The van der Waals surface area contributed by atoms with Gasteiger partial charge in [-0.05, 0) is 6.92 Å². The molecule has 1 heterocycles. The Labute approximate surface area is 192 Å². The number of halogens is 6. The highest BCUT2D eigenvalue weighted by atomic mass is 19.4. The van der Waals surface area contributed by atoms with Crippen molar-refractivity contribution in [2.45, 2.75) is 63.8 Å². The predicted octanol–water partition coefficient (Wildman–Crippen LogP) is 1.27. The van der Waals surface area contributed by atoms with Crippen molar-refractivity contribution in [2.24, 2.45) is 0 Å². The zero-order valence-corrected chi connectivity index (χ0v) is 18.1. The average Bonchev–Trinajstić information content (AvgIpc) is 2.68. The van der Waals surface area contributed by atoms with E-state index < -0.39 is 79.5 Å². The van der Waals surface area contributed by atoms with E-state index in [0.29, 0.717) is 6.92 Å². The molecule has 0 bridgehead atoms. The summed E-state index contributed by atoms with van der Waals surface area (Å²) in [6.45, 7) is 4.98. The van der Waals surface area contributed by atoms with Gasteiger partial charge in [-0.25, -0.2) is 14.4 Å². The summed E-state index contributed by atoms with van der Waals surface area (Å²) >= 11 is 0. The van der Waals surface area contributed by atoms with Crippen molar-refractivity contribution in [2.75, 3.05) is 6.61 Å². The van der Waals surface area contributed by atoms with Crippen molar-refractivity contribution < 1.29 is 78.7 Å². The lowest BCUT2D eigenvalue weighted by Crippen LogP contribution is -2.64. The molecule has 1 saturated heterocycles. The van der Waals surface area contributed by atoms with Gasteiger partial charge in [0.2, 0.25) is 12.4 Å². The number of carbonyl (C=O) groups excluding carboxylic acids is 5. The second-order valence-electron chi connectivity index (χ2n) is 6.84. The van der Waals surface area contributed by atoms with Crippen LogP contribution in [0.3, 0.4) is 0 Å². The predicted molar refractivity (Wildman–Crippen MR) is 93.6 cm³/mol. The summed E-state index contributed by atoms with van der Waals surface area (Å²) in [5.74, 6) is -9.52. The zero-order chi connectivity index (χ0) is 27.3. The molecule has 0 aromatic carbocycles. The Kier molecular flexibility index (Phi) is 9.64. The number of hydrogen-bond acceptors (Lipinski definition) is 11. The van der Waals surface area contributed by atoms with E-state index in [1.807, 2.05) is 0 Å². The fourth-order valence-electron chi connectivity index (χ4n) is 2.54. The molecule has 0 saturated carbocycles. The number of carbonyl (C=O) groups is 5. The Balaban J connectivity index is 3.52. The average molecular weight is 524 g/mol. The van der Waals surface area contributed by atoms with Gasteiger partial charge in [0.1, 0.15) is 12.7 Å². The van der Waals surface area contributed by atoms with Gasteiger partial charge in [-0.3, -0.25) is 9.59 Å². The van der Waals surface area contributed by atoms with Gasteiger partial charge in [0.25, 0.3) is 0 Å². The van der Waals surface area contributed by atoms with Crippen molar-refractivity contribution in [3.63, 3.8) is 0 Å². The van der Waals surface area contributed by atoms with Crippen molar-refractivity contribution >= 4 is 29.8 Å². The van der Waals surface area contributed by atoms with Crippen LogP contribution in [0.2, 0.25) is 0 Å². The molecular weight excluding hydrogens is 506 g/mol. The van der Waals surface area contributed by atoms with Crippen LogP contribution in [0.4, 0.5) is 26.3 Å². The quantitative estimate of drug-likeness (QED) is 0.206. The van der Waals surface area contributed by atoms with Gasteiger partial charge in [0.05, 0.1) is 0 Å². The highest BCUT2D eigenvalue weighted by Crippen LogP contribution is 2.33. The monoisotopic (exact) mass is 524 g/mol. The van der Waals surface area contributed by atoms with Gasteiger partial charge in [0.15, 0.2) is 12.2 Å². The molecule has 0 aromatic heterocycles. The number of alkyl halides is 6. The van der Waals surface area contributed by atoms with E-state index in [1.165, 1.54) is 6.92 Å². The Bertz CT molecular complexity index is 866. The van der Waals surface area contributed by atoms with Crippen LogP contribution in [0, 0.1) is 0 Å². The van der Waals surface area contributed by atoms with Crippen LogP contribution in [0.5, 0.6) is 0 Å². The minimum Gasteiger partial charge on any atom is -0.459 e. The van der Waals surface area contributed by atoms with E-state index in [2.05, 4.69) is 16.1 Å². The summed E-state index contributed by atoms with van der Waals surface area (Å²) in [6, 6.07) is 0. The van der Waals surface area contributed by atoms with Gasteiger partial charge in [0, 0.05) is 19.4 Å². The smallest absolute Gasteiger partial charge is 0.459 e. The molecular formula is C18H18F6O11. The fourth-order valence-corrected chi connectivity index (χ4v) is 2.54. The van der Waals surface area contributed by atoms with Gasteiger partial charge < -0.3 is 28.4 Å². The Hall–Kier alpha value is -3.37. The number of hydrogen-bond donors (Lipinski definition) is 0. The summed E-state index contributed by atoms with van der Waals surface area (Å²) in [7, 11) is 0. The second kappa shape index (κ2) is 11.4. The molecule has 0 aromatic rings. The topological polar surface area (TPSA) is 141 Å². The van der Waals surface area contributed by atoms with Crippen LogP contribution in [0.15, 0.2) is 12.2 Å². The highest BCUT2D eigenvalue weighted by molar-refractivity contribution is 5.86. The van der Waals surface area contributed by atoms with Gasteiger partial charge in [-0.15, -0.1) is 0 Å². The molecule has 198 valence electrons. The first kappa shape index (κ1) is 29.7. The molecule has 35 heavy (non-hydrogen) atoms. The van der Waals surface area contributed by atoms with Gasteiger partial charge in [-0.1, -0.05) is 6.58 Å². The van der Waals surface area contributed by atoms with E-state index >= 15 is 0 Å². The molecule has 11 nitrogen and oxygen atoms in total. The Morgan fingerprint density at radius 3 is 1.63 bits per heavy atom. The minimum absolute atomic E-state index is 0.168. The van der Waals surface area contributed by atoms with Crippen molar-refractivity contribution in [3.05, 3.63) is 12.2 Å². The first-order valence-corrected chi connectivity index (χ1v) is 9.22. The first-order chi connectivity index (χ1) is 15.8. The molecule has 1 rings (SSSR count). The Morgan fingerprint density at radius 2 is 1.20 bits per heavy atom. The molecule has 0 amide bonds. The van der Waals surface area contributed by atoms with Crippen LogP contribution in [-0.2, 0) is 52.4 Å². The van der Waals surface area contributed by atoms with Crippen molar-refractivity contribution in [1.82, 2.24) is 0 Å². The second-order valence-corrected chi connectivity index (χ2v) is 6.84. The third kappa shape index (κ3) is 8.73. The van der Waals surface area contributed by atoms with E-state index in [1.54, 1.807) is 0 Å². The normalized spacial score (nSPS) is 24.5. The lowest BCUT2D eigenvalue weighted by atomic mass is 9.98. The standard InChI is InChI=1S/C18H18F6O11/c1-6(2)13(27)30-5-9-10(31-7(3)25)11(32-8(4)26)12(34-15(28)17(19,20)21)14(33-9)35-16(29)18(22,23)24/h9-12,14H,1,5H2,2-4H3. The van der Waals surface area contributed by atoms with Crippen LogP contribution >= 0.6 is 0 Å². The molecule has 17 heteroatoms. The lowest BCUT2D eigenvalue weighted by Gasteiger charge is -2.43. The van der Waals surface area contributed by atoms with Crippen LogP contribution < -0.4 is 0 Å². The first-order valence-electron chi connectivity index (χ1n) is 9.22. The third-order valence-electron chi connectivity index (χ3n) is 3.85. The summed E-state index contributed by atoms with van der Waals surface area (Å²) in [5, 5.41) is 0. The van der Waals surface area contributed by atoms with E-state index in [9.17, 15) is 50.3 Å². The van der Waals surface area contributed by atoms with Gasteiger partial charge in [-0.2, -0.15) is 26.3 Å². The van der Waals surface area contributed by atoms with Crippen molar-refractivity contribution in [1.29, 1.82) is 0 Å². The summed E-state index contributed by atoms with van der Waals surface area (Å²) < 4.78 is 104. The molecule has 1 aliphatic rings. The largest absolute Gasteiger partial charge is 0.491 e. The SMILES string of the molecule is C=C(C)C(=O)OCC1OC(OC(=O)C(F)(F)F)C(OC(=O)C(F)(F)F)C(OC(C)=O)C1OC(C)=O. The summed E-state index contributed by atoms with van der Waals surface area (Å²) in [6.07, 6.45) is -23.1. The molecule has 5 unspecified atom stereocenters. The maximum absolute atomic E-state index is 12.8. The molecule has 0 radical (unpaired) electrons. The maximum Gasteiger partial charge on any atom is 0.491 e.